The Bertz CT molecular complexity index is 403. The van der Waals surface area contributed by atoms with E-state index in [4.69, 9.17) is 5.73 Å². The van der Waals surface area contributed by atoms with Crippen LogP contribution in [0.2, 0.25) is 0 Å². The van der Waals surface area contributed by atoms with Crippen LogP contribution >= 0.6 is 0 Å². The van der Waals surface area contributed by atoms with E-state index >= 15 is 0 Å². The quantitative estimate of drug-likeness (QED) is 0.799. The summed E-state index contributed by atoms with van der Waals surface area (Å²) >= 11 is 0. The molecule has 92 valence electrons. The van der Waals surface area contributed by atoms with Gasteiger partial charge in [-0.15, -0.1) is 0 Å². The fourth-order valence-corrected chi connectivity index (χ4v) is 2.36. The summed E-state index contributed by atoms with van der Waals surface area (Å²) in [6.45, 7) is 5.24. The van der Waals surface area contributed by atoms with Crippen molar-refractivity contribution in [3.05, 3.63) is 35.4 Å². The predicted octanol–water partition coefficient (Wildman–Crippen LogP) is 1.46. The molecule has 1 unspecified atom stereocenters. The molecule has 3 heteroatoms. The zero-order valence-electron chi connectivity index (χ0n) is 10.4. The number of hydrogen-bond acceptors (Lipinski definition) is 3. The Morgan fingerprint density at radius 1 is 1.53 bits per heavy atom. The third-order valence-electron chi connectivity index (χ3n) is 3.41. The zero-order valence-corrected chi connectivity index (χ0v) is 10.4. The Balaban J connectivity index is 1.94. The molecule has 1 aromatic carbocycles. The number of carbonyl (C=O) groups excluding carboxylic acids is 1. The highest BCUT2D eigenvalue weighted by molar-refractivity contribution is 5.97. The summed E-state index contributed by atoms with van der Waals surface area (Å²) in [5.74, 6) is 0.784. The lowest BCUT2D eigenvalue weighted by Crippen LogP contribution is -2.29. The van der Waals surface area contributed by atoms with Crippen LogP contribution in [0, 0.1) is 12.8 Å². The van der Waals surface area contributed by atoms with Gasteiger partial charge in [-0.1, -0.05) is 23.8 Å². The number of hydrogen-bond donors (Lipinski definition) is 1. The number of nitrogens with two attached hydrogens (primary N) is 1. The van der Waals surface area contributed by atoms with E-state index in [1.54, 1.807) is 0 Å². The average molecular weight is 232 g/mol. The van der Waals surface area contributed by atoms with Gasteiger partial charge in [0.05, 0.1) is 6.54 Å². The molecule has 3 nitrogen and oxygen atoms in total. The minimum atomic E-state index is 0.214. The summed E-state index contributed by atoms with van der Waals surface area (Å²) in [5, 5.41) is 0. The van der Waals surface area contributed by atoms with Gasteiger partial charge in [-0.2, -0.15) is 0 Å². The first kappa shape index (κ1) is 12.3. The molecule has 17 heavy (non-hydrogen) atoms. The second kappa shape index (κ2) is 5.43. The fourth-order valence-electron chi connectivity index (χ4n) is 2.36. The van der Waals surface area contributed by atoms with Gasteiger partial charge in [0.15, 0.2) is 5.78 Å². The maximum atomic E-state index is 12.1. The summed E-state index contributed by atoms with van der Waals surface area (Å²) in [4.78, 5) is 14.3. The summed E-state index contributed by atoms with van der Waals surface area (Å²) in [7, 11) is 0. The van der Waals surface area contributed by atoms with E-state index in [1.165, 1.54) is 0 Å². The van der Waals surface area contributed by atoms with Gasteiger partial charge in [0.2, 0.25) is 0 Å². The smallest absolute Gasteiger partial charge is 0.176 e. The molecule has 0 saturated carbocycles. The molecule has 0 radical (unpaired) electrons. The minimum Gasteiger partial charge on any atom is -0.330 e. The molecule has 0 aromatic heterocycles. The predicted molar refractivity (Wildman–Crippen MR) is 69.1 cm³/mol. The van der Waals surface area contributed by atoms with E-state index in [1.807, 2.05) is 31.2 Å². The first-order valence-electron chi connectivity index (χ1n) is 6.21. The van der Waals surface area contributed by atoms with E-state index in [2.05, 4.69) is 4.90 Å². The molecule has 1 heterocycles. The molecular weight excluding hydrogens is 212 g/mol. The van der Waals surface area contributed by atoms with E-state index in [-0.39, 0.29) is 5.78 Å². The lowest BCUT2D eigenvalue weighted by Gasteiger charge is -2.14. The maximum absolute atomic E-state index is 12.1. The molecular formula is C14H20N2O. The summed E-state index contributed by atoms with van der Waals surface area (Å²) in [6.07, 6.45) is 1.12. The van der Waals surface area contributed by atoms with Crippen LogP contribution in [0.15, 0.2) is 24.3 Å². The Morgan fingerprint density at radius 3 is 3.00 bits per heavy atom. The second-order valence-corrected chi connectivity index (χ2v) is 4.92. The molecule has 0 spiro atoms. The lowest BCUT2D eigenvalue weighted by atomic mass is 10.1. The maximum Gasteiger partial charge on any atom is 0.176 e. The Morgan fingerprint density at radius 2 is 2.35 bits per heavy atom. The van der Waals surface area contributed by atoms with E-state index in [0.29, 0.717) is 12.5 Å². The Labute approximate surface area is 103 Å². The van der Waals surface area contributed by atoms with Crippen molar-refractivity contribution < 1.29 is 4.79 Å². The molecule has 1 aliphatic heterocycles. The van der Waals surface area contributed by atoms with Crippen LogP contribution < -0.4 is 5.73 Å². The molecule has 0 bridgehead atoms. The molecule has 1 aliphatic rings. The number of Topliss-reactive ketones (excluding diaryl/α,β-unsaturated/α-hetero) is 1. The van der Waals surface area contributed by atoms with Gasteiger partial charge in [-0.3, -0.25) is 9.69 Å². The van der Waals surface area contributed by atoms with Crippen LogP contribution in [-0.4, -0.2) is 36.9 Å². The van der Waals surface area contributed by atoms with Crippen molar-refractivity contribution in [3.63, 3.8) is 0 Å². The number of rotatable bonds is 4. The molecule has 1 saturated heterocycles. The third kappa shape index (κ3) is 3.14. The summed E-state index contributed by atoms with van der Waals surface area (Å²) in [6, 6.07) is 7.80. The lowest BCUT2D eigenvalue weighted by molar-refractivity contribution is 0.0943. The van der Waals surface area contributed by atoms with Crippen molar-refractivity contribution in [2.24, 2.45) is 11.7 Å². The zero-order chi connectivity index (χ0) is 12.3. The van der Waals surface area contributed by atoms with Crippen molar-refractivity contribution in [1.82, 2.24) is 4.90 Å². The highest BCUT2D eigenvalue weighted by Crippen LogP contribution is 2.15. The Hall–Kier alpha value is -1.19. The molecule has 0 amide bonds. The average Bonchev–Trinajstić information content (AvgIpc) is 2.77. The largest absolute Gasteiger partial charge is 0.330 e. The third-order valence-corrected chi connectivity index (χ3v) is 3.41. The Kier molecular flexibility index (Phi) is 3.92. The fraction of sp³-hybridized carbons (Fsp3) is 0.500. The summed E-state index contributed by atoms with van der Waals surface area (Å²) < 4.78 is 0. The van der Waals surface area contributed by atoms with Crippen molar-refractivity contribution in [2.75, 3.05) is 26.2 Å². The minimum absolute atomic E-state index is 0.214. The number of likely N-dealkylation sites (tertiary alicyclic amines) is 1. The van der Waals surface area contributed by atoms with Gasteiger partial charge in [0, 0.05) is 12.1 Å². The van der Waals surface area contributed by atoms with Crippen molar-refractivity contribution in [1.29, 1.82) is 0 Å². The van der Waals surface area contributed by atoms with Gasteiger partial charge in [-0.05, 0) is 38.4 Å². The van der Waals surface area contributed by atoms with E-state index in [9.17, 15) is 4.79 Å². The first-order valence-corrected chi connectivity index (χ1v) is 6.21. The first-order chi connectivity index (χ1) is 8.19. The monoisotopic (exact) mass is 232 g/mol. The van der Waals surface area contributed by atoms with Crippen molar-refractivity contribution >= 4 is 5.78 Å². The molecule has 0 aliphatic carbocycles. The van der Waals surface area contributed by atoms with Crippen LogP contribution in [0.4, 0.5) is 0 Å². The van der Waals surface area contributed by atoms with Crippen LogP contribution in [0.1, 0.15) is 22.3 Å². The van der Waals surface area contributed by atoms with E-state index in [0.717, 1.165) is 37.2 Å². The van der Waals surface area contributed by atoms with Crippen LogP contribution in [0.25, 0.3) is 0 Å². The highest BCUT2D eigenvalue weighted by atomic mass is 16.1. The molecule has 2 N–H and O–H groups in total. The van der Waals surface area contributed by atoms with Crippen LogP contribution in [0.5, 0.6) is 0 Å². The standard InChI is InChI=1S/C14H20N2O/c1-11-3-2-4-13(7-11)14(17)10-16-6-5-12(8-15)9-16/h2-4,7,12H,5-6,8-10,15H2,1H3. The van der Waals surface area contributed by atoms with Gasteiger partial charge in [0.1, 0.15) is 0 Å². The van der Waals surface area contributed by atoms with Gasteiger partial charge < -0.3 is 5.73 Å². The van der Waals surface area contributed by atoms with Gasteiger partial charge in [-0.25, -0.2) is 0 Å². The van der Waals surface area contributed by atoms with Crippen molar-refractivity contribution in [3.8, 4) is 0 Å². The number of nitrogens with zero attached hydrogens (tertiary/aromatic N) is 1. The number of benzene rings is 1. The number of carbonyl (C=O) groups is 1. The molecule has 2 rings (SSSR count). The SMILES string of the molecule is Cc1cccc(C(=O)CN2CCC(CN)C2)c1. The topological polar surface area (TPSA) is 46.3 Å². The normalized spacial score (nSPS) is 20.7. The number of aryl methyl sites for hydroxylation is 1. The molecule has 1 fully saturated rings. The van der Waals surface area contributed by atoms with E-state index < -0.39 is 0 Å². The van der Waals surface area contributed by atoms with Gasteiger partial charge in [0.25, 0.3) is 0 Å². The molecule has 1 aromatic rings. The van der Waals surface area contributed by atoms with Crippen molar-refractivity contribution in [2.45, 2.75) is 13.3 Å². The summed E-state index contributed by atoms with van der Waals surface area (Å²) in [5.41, 5.74) is 7.60. The molecule has 1 atom stereocenters. The number of ketones is 1. The highest BCUT2D eigenvalue weighted by Gasteiger charge is 2.23. The second-order valence-electron chi connectivity index (χ2n) is 4.92. The van der Waals surface area contributed by atoms with Gasteiger partial charge >= 0.3 is 0 Å². The van der Waals surface area contributed by atoms with Crippen LogP contribution in [0.3, 0.4) is 0 Å². The van der Waals surface area contributed by atoms with Crippen LogP contribution in [-0.2, 0) is 0 Å².